The summed E-state index contributed by atoms with van der Waals surface area (Å²) in [6, 6.07) is 2.81. The Labute approximate surface area is 88.1 Å². The van der Waals surface area contributed by atoms with Crippen molar-refractivity contribution in [2.75, 3.05) is 6.61 Å². The minimum absolute atomic E-state index is 0.0544. The second kappa shape index (κ2) is 4.17. The van der Waals surface area contributed by atoms with Crippen LogP contribution in [0.25, 0.3) is 0 Å². The van der Waals surface area contributed by atoms with Gasteiger partial charge in [0.15, 0.2) is 11.6 Å². The highest BCUT2D eigenvalue weighted by Gasteiger charge is 2.23. The lowest BCUT2D eigenvalue weighted by atomic mass is 10.1. The van der Waals surface area contributed by atoms with Crippen LogP contribution in [0.1, 0.15) is 25.3 Å². The topological polar surface area (TPSA) is 9.23 Å². The Morgan fingerprint density at radius 2 is 2.07 bits per heavy atom. The Bertz CT molecular complexity index is 359. The molecule has 1 aliphatic carbocycles. The van der Waals surface area contributed by atoms with Crippen molar-refractivity contribution in [1.82, 2.24) is 0 Å². The van der Waals surface area contributed by atoms with E-state index in [0.29, 0.717) is 18.9 Å². The average molecular weight is 212 g/mol. The molecule has 1 aromatic carbocycles. The first kappa shape index (κ1) is 10.4. The molecule has 1 fully saturated rings. The minimum atomic E-state index is -0.868. The van der Waals surface area contributed by atoms with Crippen LogP contribution in [0.15, 0.2) is 12.1 Å². The van der Waals surface area contributed by atoms with Gasteiger partial charge in [-0.1, -0.05) is 6.92 Å². The van der Waals surface area contributed by atoms with Crippen LogP contribution in [0.3, 0.4) is 0 Å². The van der Waals surface area contributed by atoms with E-state index in [2.05, 4.69) is 0 Å². The van der Waals surface area contributed by atoms with E-state index in [1.165, 1.54) is 6.07 Å². The highest BCUT2D eigenvalue weighted by Crippen LogP contribution is 2.31. The Morgan fingerprint density at radius 1 is 1.33 bits per heavy atom. The highest BCUT2D eigenvalue weighted by atomic mass is 19.2. The van der Waals surface area contributed by atoms with Crippen LogP contribution >= 0.6 is 0 Å². The molecular weight excluding hydrogens is 198 g/mol. The Hall–Kier alpha value is -1.12. The van der Waals surface area contributed by atoms with E-state index in [-0.39, 0.29) is 5.75 Å². The molecule has 0 atom stereocenters. The van der Waals surface area contributed by atoms with Gasteiger partial charge < -0.3 is 4.74 Å². The van der Waals surface area contributed by atoms with Gasteiger partial charge in [-0.25, -0.2) is 4.39 Å². The largest absolute Gasteiger partial charge is 0.490 e. The van der Waals surface area contributed by atoms with Crippen molar-refractivity contribution < 1.29 is 13.5 Å². The van der Waals surface area contributed by atoms with Gasteiger partial charge in [-0.15, -0.1) is 0 Å². The third kappa shape index (κ3) is 2.46. The number of rotatable bonds is 4. The van der Waals surface area contributed by atoms with Crippen LogP contribution in [0.4, 0.5) is 8.78 Å². The third-order valence-electron chi connectivity index (χ3n) is 2.63. The molecule has 1 aliphatic rings. The molecule has 0 saturated heterocycles. The number of ether oxygens (including phenoxy) is 1. The first-order valence-corrected chi connectivity index (χ1v) is 5.31. The zero-order valence-corrected chi connectivity index (χ0v) is 8.72. The maximum atomic E-state index is 13.3. The minimum Gasteiger partial charge on any atom is -0.490 e. The predicted molar refractivity (Wildman–Crippen MR) is 54.0 cm³/mol. The van der Waals surface area contributed by atoms with Gasteiger partial charge in [0.2, 0.25) is 5.82 Å². The fourth-order valence-corrected chi connectivity index (χ4v) is 1.42. The fraction of sp³-hybridized carbons (Fsp3) is 0.500. The molecule has 2 rings (SSSR count). The van der Waals surface area contributed by atoms with Crippen LogP contribution in [0.2, 0.25) is 0 Å². The van der Waals surface area contributed by atoms with Crippen LogP contribution < -0.4 is 4.74 Å². The van der Waals surface area contributed by atoms with Gasteiger partial charge in [-0.3, -0.25) is 0 Å². The Kier molecular flexibility index (Phi) is 2.89. The first-order valence-electron chi connectivity index (χ1n) is 5.31. The first-order chi connectivity index (χ1) is 7.20. The maximum Gasteiger partial charge on any atom is 0.200 e. The maximum absolute atomic E-state index is 13.3. The average Bonchev–Trinajstić information content (AvgIpc) is 3.03. The SMILES string of the molecule is CCc1cc(F)c(F)c(OCC2CC2)c1. The van der Waals surface area contributed by atoms with Crippen LogP contribution in [0.5, 0.6) is 5.75 Å². The van der Waals surface area contributed by atoms with Gasteiger partial charge in [-0.05, 0) is 42.9 Å². The Balaban J connectivity index is 2.15. The van der Waals surface area contributed by atoms with Gasteiger partial charge in [0.25, 0.3) is 0 Å². The molecule has 0 radical (unpaired) electrons. The highest BCUT2D eigenvalue weighted by molar-refractivity contribution is 5.31. The van der Waals surface area contributed by atoms with Crippen molar-refractivity contribution in [3.8, 4) is 5.75 Å². The summed E-state index contributed by atoms with van der Waals surface area (Å²) in [5, 5.41) is 0. The summed E-state index contributed by atoms with van der Waals surface area (Å²) in [7, 11) is 0. The molecule has 0 unspecified atom stereocenters. The molecule has 3 heteroatoms. The molecule has 1 aromatic rings. The molecule has 1 nitrogen and oxygen atoms in total. The van der Waals surface area contributed by atoms with E-state index in [9.17, 15) is 8.78 Å². The summed E-state index contributed by atoms with van der Waals surface area (Å²) < 4.78 is 31.7. The van der Waals surface area contributed by atoms with Crippen molar-refractivity contribution in [2.45, 2.75) is 26.2 Å². The zero-order valence-electron chi connectivity index (χ0n) is 8.72. The normalized spacial score (nSPS) is 15.4. The van der Waals surface area contributed by atoms with Gasteiger partial charge in [0.05, 0.1) is 6.61 Å². The standard InChI is InChI=1S/C12H14F2O/c1-2-8-5-10(13)12(14)11(6-8)15-7-9-3-4-9/h5-6,9H,2-4,7H2,1H3. The summed E-state index contributed by atoms with van der Waals surface area (Å²) in [4.78, 5) is 0. The van der Waals surface area contributed by atoms with Crippen molar-refractivity contribution in [2.24, 2.45) is 5.92 Å². The molecular formula is C12H14F2O. The zero-order chi connectivity index (χ0) is 10.8. The molecule has 0 aromatic heterocycles. The van der Waals surface area contributed by atoms with E-state index in [1.807, 2.05) is 6.92 Å². The van der Waals surface area contributed by atoms with E-state index < -0.39 is 11.6 Å². The van der Waals surface area contributed by atoms with Crippen LogP contribution in [-0.4, -0.2) is 6.61 Å². The second-order valence-corrected chi connectivity index (χ2v) is 4.00. The van der Waals surface area contributed by atoms with Crippen LogP contribution in [0, 0.1) is 17.6 Å². The summed E-state index contributed by atoms with van der Waals surface area (Å²) in [5.74, 6) is -1.09. The van der Waals surface area contributed by atoms with Gasteiger partial charge in [0, 0.05) is 0 Å². The molecule has 0 amide bonds. The number of aryl methyl sites for hydroxylation is 1. The third-order valence-corrected chi connectivity index (χ3v) is 2.63. The van der Waals surface area contributed by atoms with Gasteiger partial charge in [-0.2, -0.15) is 4.39 Å². The monoisotopic (exact) mass is 212 g/mol. The molecule has 0 N–H and O–H groups in total. The quantitative estimate of drug-likeness (QED) is 0.744. The molecule has 0 aliphatic heterocycles. The van der Waals surface area contributed by atoms with Crippen LogP contribution in [-0.2, 0) is 6.42 Å². The lowest BCUT2D eigenvalue weighted by Crippen LogP contribution is -2.03. The second-order valence-electron chi connectivity index (χ2n) is 4.00. The smallest absolute Gasteiger partial charge is 0.200 e. The number of hydrogen-bond acceptors (Lipinski definition) is 1. The van der Waals surface area contributed by atoms with E-state index in [0.717, 1.165) is 18.4 Å². The van der Waals surface area contributed by atoms with E-state index in [1.54, 1.807) is 6.07 Å². The Morgan fingerprint density at radius 3 is 2.67 bits per heavy atom. The summed E-state index contributed by atoms with van der Waals surface area (Å²) in [6.07, 6.45) is 2.95. The van der Waals surface area contributed by atoms with Gasteiger partial charge in [0.1, 0.15) is 0 Å². The summed E-state index contributed by atoms with van der Waals surface area (Å²) in [6.45, 7) is 2.40. The number of hydrogen-bond donors (Lipinski definition) is 0. The molecule has 0 bridgehead atoms. The summed E-state index contributed by atoms with van der Waals surface area (Å²) in [5.41, 5.74) is 0.764. The number of halogens is 2. The van der Waals surface area contributed by atoms with E-state index in [4.69, 9.17) is 4.74 Å². The van der Waals surface area contributed by atoms with Crippen molar-refractivity contribution in [3.63, 3.8) is 0 Å². The molecule has 15 heavy (non-hydrogen) atoms. The van der Waals surface area contributed by atoms with E-state index >= 15 is 0 Å². The number of benzene rings is 1. The molecule has 82 valence electrons. The summed E-state index contributed by atoms with van der Waals surface area (Å²) >= 11 is 0. The van der Waals surface area contributed by atoms with Crippen molar-refractivity contribution >= 4 is 0 Å². The van der Waals surface area contributed by atoms with Crippen molar-refractivity contribution in [1.29, 1.82) is 0 Å². The molecule has 1 saturated carbocycles. The molecule has 0 spiro atoms. The lowest BCUT2D eigenvalue weighted by Gasteiger charge is -2.08. The molecule has 0 heterocycles. The predicted octanol–water partition coefficient (Wildman–Crippen LogP) is 3.32. The fourth-order valence-electron chi connectivity index (χ4n) is 1.42. The van der Waals surface area contributed by atoms with Crippen molar-refractivity contribution in [3.05, 3.63) is 29.3 Å². The lowest BCUT2D eigenvalue weighted by molar-refractivity contribution is 0.280. The van der Waals surface area contributed by atoms with Gasteiger partial charge >= 0.3 is 0 Å².